The minimum absolute atomic E-state index is 0.0426. The first kappa shape index (κ1) is 17.8. The molecule has 0 atom stereocenters. The summed E-state index contributed by atoms with van der Waals surface area (Å²) in [5.74, 6) is 0.614. The van der Waals surface area contributed by atoms with Crippen LogP contribution in [-0.2, 0) is 20.6 Å². The number of carbonyl (C=O) groups excluding carboxylic acids is 1. The van der Waals surface area contributed by atoms with Gasteiger partial charge in [0.25, 0.3) is 0 Å². The topological polar surface area (TPSA) is 89.3 Å². The number of primary sulfonamides is 1. The van der Waals surface area contributed by atoms with Gasteiger partial charge in [-0.1, -0.05) is 35.9 Å². The van der Waals surface area contributed by atoms with Crippen molar-refractivity contribution < 1.29 is 13.2 Å². The minimum atomic E-state index is -3.79. The van der Waals surface area contributed by atoms with Crippen molar-refractivity contribution in [1.29, 1.82) is 0 Å². The van der Waals surface area contributed by atoms with E-state index in [4.69, 9.17) is 16.7 Å². The summed E-state index contributed by atoms with van der Waals surface area (Å²) in [5, 5.41) is 8.37. The number of nitrogens with one attached hydrogen (secondary N) is 1. The predicted molar refractivity (Wildman–Crippen MR) is 94.1 cm³/mol. The Labute approximate surface area is 144 Å². The van der Waals surface area contributed by atoms with Crippen LogP contribution in [0.25, 0.3) is 0 Å². The zero-order valence-electron chi connectivity index (χ0n) is 12.0. The number of hydrogen-bond acceptors (Lipinski definition) is 4. The number of nitrogens with two attached hydrogens (primary N) is 1. The molecule has 0 aliphatic heterocycles. The van der Waals surface area contributed by atoms with E-state index in [0.717, 1.165) is 5.56 Å². The molecule has 0 bridgehead atoms. The van der Waals surface area contributed by atoms with E-state index in [9.17, 15) is 13.2 Å². The van der Waals surface area contributed by atoms with Gasteiger partial charge in [-0.3, -0.25) is 4.79 Å². The van der Waals surface area contributed by atoms with Gasteiger partial charge >= 0.3 is 0 Å². The number of thioether (sulfide) groups is 1. The van der Waals surface area contributed by atoms with Crippen LogP contribution in [-0.4, -0.2) is 20.1 Å². The van der Waals surface area contributed by atoms with Crippen LogP contribution in [0.15, 0.2) is 53.4 Å². The first-order valence-electron chi connectivity index (χ1n) is 6.60. The third-order valence-corrected chi connectivity index (χ3v) is 5.16. The molecule has 122 valence electrons. The van der Waals surface area contributed by atoms with E-state index in [-0.39, 0.29) is 16.6 Å². The van der Waals surface area contributed by atoms with Crippen LogP contribution in [0.1, 0.15) is 5.56 Å². The summed E-state index contributed by atoms with van der Waals surface area (Å²) in [6.45, 7) is 0. The van der Waals surface area contributed by atoms with Crippen LogP contribution in [0.5, 0.6) is 0 Å². The lowest BCUT2D eigenvalue weighted by molar-refractivity contribution is -0.113. The minimum Gasteiger partial charge on any atom is -0.325 e. The van der Waals surface area contributed by atoms with Crippen molar-refractivity contribution in [3.8, 4) is 0 Å². The third kappa shape index (κ3) is 5.54. The molecule has 0 heterocycles. The van der Waals surface area contributed by atoms with Crippen molar-refractivity contribution in [1.82, 2.24) is 0 Å². The van der Waals surface area contributed by atoms with E-state index in [1.807, 2.05) is 18.2 Å². The first-order valence-corrected chi connectivity index (χ1v) is 9.68. The summed E-state index contributed by atoms with van der Waals surface area (Å²) in [7, 11) is -3.79. The maximum Gasteiger partial charge on any atom is 0.238 e. The van der Waals surface area contributed by atoms with Gasteiger partial charge in [-0.25, -0.2) is 13.6 Å². The molecule has 0 fully saturated rings. The Hall–Kier alpha value is -1.54. The molecule has 0 radical (unpaired) electrons. The Morgan fingerprint density at radius 3 is 2.61 bits per heavy atom. The first-order chi connectivity index (χ1) is 10.9. The van der Waals surface area contributed by atoms with Crippen molar-refractivity contribution in [2.24, 2.45) is 5.14 Å². The highest BCUT2D eigenvalue weighted by Gasteiger charge is 2.10. The van der Waals surface area contributed by atoms with Crippen molar-refractivity contribution in [3.63, 3.8) is 0 Å². The highest BCUT2D eigenvalue weighted by Crippen LogP contribution is 2.21. The molecule has 0 aliphatic rings. The maximum absolute atomic E-state index is 11.9. The van der Waals surface area contributed by atoms with Crippen LogP contribution in [0, 0.1) is 0 Å². The van der Waals surface area contributed by atoms with E-state index < -0.39 is 10.0 Å². The van der Waals surface area contributed by atoms with Gasteiger partial charge in [0.15, 0.2) is 0 Å². The van der Waals surface area contributed by atoms with Crippen LogP contribution in [0.4, 0.5) is 5.69 Å². The molecule has 2 aromatic carbocycles. The predicted octanol–water partition coefficient (Wildman–Crippen LogP) is 2.86. The van der Waals surface area contributed by atoms with Crippen molar-refractivity contribution in [2.45, 2.75) is 10.6 Å². The molecule has 0 aliphatic carbocycles. The molecule has 1 amide bonds. The highest BCUT2D eigenvalue weighted by molar-refractivity contribution is 7.99. The third-order valence-electron chi connectivity index (χ3n) is 2.89. The molecule has 23 heavy (non-hydrogen) atoms. The van der Waals surface area contributed by atoms with Crippen molar-refractivity contribution in [2.75, 3.05) is 11.1 Å². The van der Waals surface area contributed by atoms with Gasteiger partial charge in [-0.05, 0) is 29.8 Å². The normalized spacial score (nSPS) is 11.2. The molecular weight excluding hydrogens is 356 g/mol. The van der Waals surface area contributed by atoms with E-state index in [0.29, 0.717) is 16.5 Å². The van der Waals surface area contributed by atoms with Gasteiger partial charge in [0.1, 0.15) is 0 Å². The van der Waals surface area contributed by atoms with Crippen molar-refractivity contribution in [3.05, 3.63) is 59.1 Å². The number of rotatable bonds is 6. The summed E-state index contributed by atoms with van der Waals surface area (Å²) >= 11 is 7.47. The average molecular weight is 371 g/mol. The molecular formula is C15H15ClN2O3S2. The number of benzene rings is 2. The molecule has 0 saturated carbocycles. The summed E-state index contributed by atoms with van der Waals surface area (Å²) in [4.78, 5) is 11.9. The second kappa shape index (κ2) is 7.83. The Morgan fingerprint density at radius 2 is 1.91 bits per heavy atom. The van der Waals surface area contributed by atoms with E-state index in [1.54, 1.807) is 12.1 Å². The van der Waals surface area contributed by atoms with Gasteiger partial charge in [0, 0.05) is 16.5 Å². The van der Waals surface area contributed by atoms with Gasteiger partial charge in [-0.2, -0.15) is 0 Å². The fourth-order valence-electron chi connectivity index (χ4n) is 1.82. The number of sulfonamides is 1. The summed E-state index contributed by atoms with van der Waals surface area (Å²) in [6.07, 6.45) is 0. The molecule has 0 aromatic heterocycles. The number of carbonyl (C=O) groups is 1. The van der Waals surface area contributed by atoms with E-state index in [2.05, 4.69) is 5.32 Å². The summed E-state index contributed by atoms with van der Waals surface area (Å²) in [5.41, 5.74) is 1.35. The van der Waals surface area contributed by atoms with Crippen molar-refractivity contribution >= 4 is 45.0 Å². The quantitative estimate of drug-likeness (QED) is 0.818. The smallest absolute Gasteiger partial charge is 0.238 e. The van der Waals surface area contributed by atoms with Gasteiger partial charge in [0.2, 0.25) is 15.9 Å². The van der Waals surface area contributed by atoms with Crippen LogP contribution in [0.3, 0.4) is 0 Å². The molecule has 0 saturated heterocycles. The molecule has 5 nitrogen and oxygen atoms in total. The number of amides is 1. The van der Waals surface area contributed by atoms with Crippen LogP contribution >= 0.6 is 23.4 Å². The second-order valence-corrected chi connectivity index (χ2v) is 7.66. The number of halogens is 1. The standard InChI is InChI=1S/C15H15ClN2O3S2/c16-14-7-2-1-4-11(14)9-22-10-15(19)18-12-5-3-6-13(8-12)23(17,20)21/h1-8H,9-10H2,(H,18,19)(H2,17,20,21). The molecule has 2 aromatic rings. The molecule has 0 spiro atoms. The Balaban J connectivity index is 1.89. The summed E-state index contributed by atoms with van der Waals surface area (Å²) in [6, 6.07) is 13.3. The monoisotopic (exact) mass is 370 g/mol. The molecule has 8 heteroatoms. The van der Waals surface area contributed by atoms with Gasteiger partial charge in [-0.15, -0.1) is 11.8 Å². The lowest BCUT2D eigenvalue weighted by Gasteiger charge is -2.07. The lowest BCUT2D eigenvalue weighted by Crippen LogP contribution is -2.16. The zero-order valence-corrected chi connectivity index (χ0v) is 14.4. The molecule has 0 unspecified atom stereocenters. The summed E-state index contributed by atoms with van der Waals surface area (Å²) < 4.78 is 22.6. The second-order valence-electron chi connectivity index (χ2n) is 4.71. The Bertz CT molecular complexity index is 810. The van der Waals surface area contributed by atoms with Gasteiger partial charge in [0.05, 0.1) is 10.6 Å². The highest BCUT2D eigenvalue weighted by atomic mass is 35.5. The largest absolute Gasteiger partial charge is 0.325 e. The number of hydrogen-bond donors (Lipinski definition) is 2. The Kier molecular flexibility index (Phi) is 6.06. The Morgan fingerprint density at radius 1 is 1.17 bits per heavy atom. The van der Waals surface area contributed by atoms with Crippen LogP contribution in [0.2, 0.25) is 5.02 Å². The number of anilines is 1. The molecule has 3 N–H and O–H groups in total. The zero-order chi connectivity index (χ0) is 16.9. The lowest BCUT2D eigenvalue weighted by atomic mass is 10.2. The van der Waals surface area contributed by atoms with E-state index >= 15 is 0 Å². The fraction of sp³-hybridized carbons (Fsp3) is 0.133. The van der Waals surface area contributed by atoms with Gasteiger partial charge < -0.3 is 5.32 Å². The SMILES string of the molecule is NS(=O)(=O)c1cccc(NC(=O)CSCc2ccccc2Cl)c1. The maximum atomic E-state index is 11.9. The van der Waals surface area contributed by atoms with Crippen LogP contribution < -0.4 is 10.5 Å². The molecule has 2 rings (SSSR count). The fourth-order valence-corrected chi connectivity index (χ4v) is 3.49. The average Bonchev–Trinajstić information content (AvgIpc) is 2.48. The van der Waals surface area contributed by atoms with E-state index in [1.165, 1.54) is 30.0 Å².